The third-order valence-electron chi connectivity index (χ3n) is 7.21. The summed E-state index contributed by atoms with van der Waals surface area (Å²) in [5, 5.41) is 10.4. The number of halogens is 2. The lowest BCUT2D eigenvalue weighted by Crippen LogP contribution is -2.44. The number of imide groups is 1. The zero-order valence-corrected chi connectivity index (χ0v) is 26.7. The standard InChI is InChI=1S/C31H36BF2N5O6S/c1-31(2,3)28(38(27(43)19-40)15-7-14-35-46-32-30(44)45-39-25(41)12-13-26(39)42)29-36-24(22-16-21(33)10-11-23(22)34)18-37(29)17-20-8-5-4-6-9-20/h4-6,8-11,16,18,28,32,35,40H,7,12-15,17,19H2,1-3H3/t28-/m0/s1. The molecule has 0 radical (unpaired) electrons. The zero-order valence-electron chi connectivity index (χ0n) is 25.9. The third-order valence-corrected chi connectivity index (χ3v) is 8.00. The number of nitrogens with one attached hydrogen (secondary N) is 1. The van der Waals surface area contributed by atoms with Crippen LogP contribution >= 0.6 is 11.8 Å². The van der Waals surface area contributed by atoms with E-state index in [4.69, 9.17) is 9.82 Å². The minimum absolute atomic E-state index is 0.00559. The Labute approximate surface area is 270 Å². The zero-order chi connectivity index (χ0) is 33.4. The Morgan fingerprint density at radius 1 is 1.13 bits per heavy atom. The van der Waals surface area contributed by atoms with Gasteiger partial charge in [0.05, 0.1) is 11.7 Å². The molecule has 3 amide bonds. The van der Waals surface area contributed by atoms with Crippen LogP contribution in [0.15, 0.2) is 54.7 Å². The molecule has 4 rings (SSSR count). The van der Waals surface area contributed by atoms with Crippen LogP contribution in [0, 0.1) is 17.0 Å². The van der Waals surface area contributed by atoms with E-state index in [0.717, 1.165) is 35.6 Å². The summed E-state index contributed by atoms with van der Waals surface area (Å²) in [7, 11) is 0. The van der Waals surface area contributed by atoms with E-state index >= 15 is 0 Å². The van der Waals surface area contributed by atoms with Crippen molar-refractivity contribution in [3.63, 3.8) is 0 Å². The van der Waals surface area contributed by atoms with E-state index in [1.165, 1.54) is 4.90 Å². The second-order valence-corrected chi connectivity index (χ2v) is 12.7. The Hall–Kier alpha value is -4.08. The largest absolute Gasteiger partial charge is 0.387 e. The highest BCUT2D eigenvalue weighted by atomic mass is 32.2. The van der Waals surface area contributed by atoms with E-state index in [2.05, 4.69) is 4.72 Å². The van der Waals surface area contributed by atoms with Crippen molar-refractivity contribution in [1.29, 1.82) is 0 Å². The van der Waals surface area contributed by atoms with Gasteiger partial charge in [-0.05, 0) is 35.6 Å². The van der Waals surface area contributed by atoms with Crippen molar-refractivity contribution in [2.24, 2.45) is 5.41 Å². The van der Waals surface area contributed by atoms with E-state index in [9.17, 15) is 33.1 Å². The number of hydrogen-bond donors (Lipinski definition) is 2. The molecule has 2 aromatic carbocycles. The molecule has 3 aromatic rings. The molecule has 2 N–H and O–H groups in total. The Balaban J connectivity index is 1.53. The molecule has 1 aromatic heterocycles. The molecule has 15 heteroatoms. The van der Waals surface area contributed by atoms with Crippen LogP contribution in [-0.2, 0) is 25.8 Å². The lowest BCUT2D eigenvalue weighted by molar-refractivity contribution is -0.169. The molecule has 0 spiro atoms. The fourth-order valence-corrected chi connectivity index (χ4v) is 5.71. The number of carbonyl (C=O) groups is 4. The second kappa shape index (κ2) is 15.5. The van der Waals surface area contributed by atoms with Crippen LogP contribution in [0.25, 0.3) is 11.3 Å². The first-order valence-corrected chi connectivity index (χ1v) is 15.8. The number of rotatable bonds is 14. The van der Waals surface area contributed by atoms with Crippen LogP contribution in [0.3, 0.4) is 0 Å². The molecule has 0 unspecified atom stereocenters. The maximum Gasteiger partial charge on any atom is 0.348 e. The summed E-state index contributed by atoms with van der Waals surface area (Å²) >= 11 is 1.02. The van der Waals surface area contributed by atoms with Crippen molar-refractivity contribution in [2.45, 2.75) is 52.6 Å². The summed E-state index contributed by atoms with van der Waals surface area (Å²) in [5.74, 6) is -3.24. The summed E-state index contributed by atoms with van der Waals surface area (Å²) in [6.45, 7) is 5.74. The van der Waals surface area contributed by atoms with Gasteiger partial charge in [-0.2, -0.15) is 0 Å². The molecule has 1 saturated heterocycles. The van der Waals surface area contributed by atoms with Crippen LogP contribution < -0.4 is 4.72 Å². The number of nitrogens with zero attached hydrogens (tertiary/aromatic N) is 4. The van der Waals surface area contributed by atoms with E-state index in [0.29, 0.717) is 30.4 Å². The number of carbonyl (C=O) groups excluding carboxylic acids is 4. The molecule has 1 aliphatic rings. The minimum Gasteiger partial charge on any atom is -0.387 e. The van der Waals surface area contributed by atoms with Gasteiger partial charge < -0.3 is 19.4 Å². The van der Waals surface area contributed by atoms with Crippen LogP contribution in [0.1, 0.15) is 57.5 Å². The van der Waals surface area contributed by atoms with Gasteiger partial charge in [-0.3, -0.25) is 23.9 Å². The van der Waals surface area contributed by atoms with Gasteiger partial charge in [0, 0.05) is 44.2 Å². The summed E-state index contributed by atoms with van der Waals surface area (Å²) in [6, 6.07) is 12.0. The van der Waals surface area contributed by atoms with E-state index in [1.807, 2.05) is 55.7 Å². The Kier molecular flexibility index (Phi) is 11.7. The molecule has 2 heterocycles. The molecule has 1 fully saturated rings. The topological polar surface area (TPSA) is 134 Å². The monoisotopic (exact) mass is 655 g/mol. The second-order valence-electron chi connectivity index (χ2n) is 11.8. The first kappa shape index (κ1) is 34.8. The van der Waals surface area contributed by atoms with Gasteiger partial charge in [-0.1, -0.05) is 51.1 Å². The highest BCUT2D eigenvalue weighted by molar-refractivity contribution is 8.23. The van der Waals surface area contributed by atoms with Crippen molar-refractivity contribution >= 4 is 41.9 Å². The number of hydroxylamine groups is 2. The number of aliphatic hydroxyl groups excluding tert-OH is 1. The van der Waals surface area contributed by atoms with Gasteiger partial charge in [-0.25, -0.2) is 13.8 Å². The average Bonchev–Trinajstić information content (AvgIpc) is 3.56. The lowest BCUT2D eigenvalue weighted by Gasteiger charge is -2.40. The van der Waals surface area contributed by atoms with Crippen molar-refractivity contribution in [1.82, 2.24) is 24.2 Å². The highest BCUT2D eigenvalue weighted by Gasteiger charge is 2.38. The van der Waals surface area contributed by atoms with Crippen molar-refractivity contribution in [2.75, 3.05) is 19.7 Å². The maximum atomic E-state index is 14.9. The first-order valence-electron chi connectivity index (χ1n) is 14.8. The average molecular weight is 656 g/mol. The molecule has 11 nitrogen and oxygen atoms in total. The van der Waals surface area contributed by atoms with Gasteiger partial charge in [0.25, 0.3) is 17.7 Å². The Morgan fingerprint density at radius 3 is 2.48 bits per heavy atom. The SMILES string of the molecule is CC(C)(C)[C@H](c1nc(-c2cc(F)ccc2F)cn1Cc1ccccc1)N(CCCNSBC(=O)ON1C(=O)CCC1=O)C(=O)CO. The molecule has 0 aliphatic carbocycles. The fraction of sp³-hybridized carbons (Fsp3) is 0.387. The molecule has 1 aliphatic heterocycles. The summed E-state index contributed by atoms with van der Waals surface area (Å²) in [4.78, 5) is 59.7. The van der Waals surface area contributed by atoms with E-state index in [-0.39, 0.29) is 37.2 Å². The van der Waals surface area contributed by atoms with Crippen molar-refractivity contribution in [3.8, 4) is 11.3 Å². The van der Waals surface area contributed by atoms with Gasteiger partial charge >= 0.3 is 6.56 Å². The molecule has 0 saturated carbocycles. The normalized spacial score (nSPS) is 14.0. The van der Waals surface area contributed by atoms with Gasteiger partial charge in [-0.15, -0.1) is 16.9 Å². The summed E-state index contributed by atoms with van der Waals surface area (Å²) in [5.41, 5.74) is 0.506. The van der Waals surface area contributed by atoms with Gasteiger partial charge in [0.1, 0.15) is 24.1 Å². The lowest BCUT2D eigenvalue weighted by atomic mass is 9.84. The van der Waals surface area contributed by atoms with Gasteiger partial charge in [0.15, 0.2) is 0 Å². The van der Waals surface area contributed by atoms with Crippen molar-refractivity contribution < 1.29 is 37.9 Å². The van der Waals surface area contributed by atoms with E-state index in [1.54, 1.807) is 6.20 Å². The molecular formula is C31H36BF2N5O6S. The number of imidazole rings is 1. The van der Waals surface area contributed by atoms with Crippen molar-refractivity contribution in [3.05, 3.63) is 77.8 Å². The van der Waals surface area contributed by atoms with Crippen LogP contribution in [0.5, 0.6) is 0 Å². The number of benzene rings is 2. The number of aliphatic hydroxyl groups is 1. The number of aromatic nitrogens is 2. The summed E-state index contributed by atoms with van der Waals surface area (Å²) < 4.78 is 33.9. The number of hydrogen-bond acceptors (Lipinski definition) is 9. The van der Waals surface area contributed by atoms with Crippen LogP contribution in [-0.4, -0.2) is 74.5 Å². The van der Waals surface area contributed by atoms with E-state index < -0.39 is 53.3 Å². The third kappa shape index (κ3) is 8.80. The van der Waals surface area contributed by atoms with Crippen LogP contribution in [0.2, 0.25) is 0 Å². The molecule has 0 bridgehead atoms. The molecule has 1 atom stereocenters. The smallest absolute Gasteiger partial charge is 0.348 e. The number of amides is 3. The molecule has 46 heavy (non-hydrogen) atoms. The maximum absolute atomic E-state index is 14.9. The molecule has 244 valence electrons. The predicted molar refractivity (Wildman–Crippen MR) is 169 cm³/mol. The first-order chi connectivity index (χ1) is 21.9. The Morgan fingerprint density at radius 2 is 1.83 bits per heavy atom. The van der Waals surface area contributed by atoms with Crippen LogP contribution in [0.4, 0.5) is 13.6 Å². The predicted octanol–water partition coefficient (Wildman–Crippen LogP) is 3.96. The molecular weight excluding hydrogens is 619 g/mol. The van der Waals surface area contributed by atoms with Gasteiger partial charge in [0.2, 0.25) is 5.91 Å². The minimum atomic E-state index is -0.762. The highest BCUT2D eigenvalue weighted by Crippen LogP contribution is 2.39. The summed E-state index contributed by atoms with van der Waals surface area (Å²) in [6.07, 6.45) is 2.06. The quantitative estimate of drug-likeness (QED) is 0.115. The Bertz CT molecular complexity index is 1550. The fourth-order valence-electron chi connectivity index (χ4n) is 5.15.